The number of amidine groups is 1. The zero-order chi connectivity index (χ0) is 15.7. The van der Waals surface area contributed by atoms with Crippen molar-refractivity contribution in [2.75, 3.05) is 26.2 Å². The fraction of sp³-hybridized carbons (Fsp3) is 0.467. The second-order valence-corrected chi connectivity index (χ2v) is 4.76. The van der Waals surface area contributed by atoms with Gasteiger partial charge in [0.15, 0.2) is 5.84 Å². The van der Waals surface area contributed by atoms with Gasteiger partial charge in [0, 0.05) is 24.2 Å². The van der Waals surface area contributed by atoms with Gasteiger partial charge >= 0.3 is 0 Å². The van der Waals surface area contributed by atoms with Gasteiger partial charge in [-0.25, -0.2) is 0 Å². The quantitative estimate of drug-likeness (QED) is 0.291. The second kappa shape index (κ2) is 8.97. The monoisotopic (exact) mass is 292 g/mol. The van der Waals surface area contributed by atoms with Crippen molar-refractivity contribution >= 4 is 11.7 Å². The fourth-order valence-electron chi connectivity index (χ4n) is 2.05. The molecular formula is C15H24N4O2. The van der Waals surface area contributed by atoms with E-state index in [9.17, 15) is 4.79 Å². The minimum absolute atomic E-state index is 0.00949. The van der Waals surface area contributed by atoms with Gasteiger partial charge in [-0.05, 0) is 31.6 Å². The van der Waals surface area contributed by atoms with Gasteiger partial charge in [-0.15, -0.1) is 0 Å². The van der Waals surface area contributed by atoms with Crippen LogP contribution in [-0.2, 0) is 0 Å². The third-order valence-electron chi connectivity index (χ3n) is 3.23. The summed E-state index contributed by atoms with van der Waals surface area (Å²) in [6.07, 6.45) is 1.10. The first-order valence-corrected chi connectivity index (χ1v) is 7.20. The van der Waals surface area contributed by atoms with E-state index in [1.54, 1.807) is 24.3 Å². The largest absolute Gasteiger partial charge is 0.409 e. The van der Waals surface area contributed by atoms with Gasteiger partial charge in [-0.2, -0.15) is 0 Å². The third-order valence-corrected chi connectivity index (χ3v) is 3.23. The van der Waals surface area contributed by atoms with Gasteiger partial charge in [0.05, 0.1) is 0 Å². The molecule has 116 valence electrons. The molecule has 0 atom stereocenters. The number of likely N-dealkylation sites (N-methyl/N-ethyl adjacent to an activating group) is 1. The molecule has 21 heavy (non-hydrogen) atoms. The summed E-state index contributed by atoms with van der Waals surface area (Å²) >= 11 is 0. The van der Waals surface area contributed by atoms with Crippen molar-refractivity contribution in [2.45, 2.75) is 20.3 Å². The van der Waals surface area contributed by atoms with E-state index in [1.165, 1.54) is 0 Å². The van der Waals surface area contributed by atoms with Crippen LogP contribution in [0.1, 0.15) is 36.2 Å². The number of amides is 1. The van der Waals surface area contributed by atoms with Gasteiger partial charge in [0.2, 0.25) is 0 Å². The van der Waals surface area contributed by atoms with Crippen LogP contribution in [0.4, 0.5) is 0 Å². The van der Waals surface area contributed by atoms with Crippen LogP contribution in [0, 0.1) is 0 Å². The van der Waals surface area contributed by atoms with Crippen LogP contribution in [0.3, 0.4) is 0 Å². The number of nitrogens with zero attached hydrogens (tertiary/aromatic N) is 2. The van der Waals surface area contributed by atoms with Crippen molar-refractivity contribution in [2.24, 2.45) is 10.9 Å². The lowest BCUT2D eigenvalue weighted by molar-refractivity contribution is 0.0948. The average molecular weight is 292 g/mol. The Morgan fingerprint density at radius 2 is 2.05 bits per heavy atom. The Hall–Kier alpha value is -2.08. The molecule has 0 bridgehead atoms. The lowest BCUT2D eigenvalue weighted by Crippen LogP contribution is -2.35. The van der Waals surface area contributed by atoms with Crippen LogP contribution in [0.5, 0.6) is 0 Å². The van der Waals surface area contributed by atoms with E-state index < -0.39 is 0 Å². The lowest BCUT2D eigenvalue weighted by Gasteiger charge is -2.19. The molecule has 1 aromatic rings. The average Bonchev–Trinajstić information content (AvgIpc) is 2.53. The normalized spacial score (nSPS) is 11.7. The Kier molecular flexibility index (Phi) is 7.25. The summed E-state index contributed by atoms with van der Waals surface area (Å²) in [6.45, 7) is 7.68. The molecule has 1 amide bonds. The highest BCUT2D eigenvalue weighted by Gasteiger charge is 2.08. The molecule has 6 nitrogen and oxygen atoms in total. The summed E-state index contributed by atoms with van der Waals surface area (Å²) in [5.41, 5.74) is 6.53. The Balaban J connectivity index is 2.56. The Bertz CT molecular complexity index is 488. The minimum Gasteiger partial charge on any atom is -0.409 e. The van der Waals surface area contributed by atoms with Gasteiger partial charge in [0.25, 0.3) is 5.91 Å². The molecule has 0 radical (unpaired) electrons. The first-order chi connectivity index (χ1) is 10.1. The minimum atomic E-state index is -0.157. The summed E-state index contributed by atoms with van der Waals surface area (Å²) in [6, 6.07) is 6.70. The van der Waals surface area contributed by atoms with Crippen molar-refractivity contribution in [3.05, 3.63) is 35.4 Å². The number of oxime groups is 1. The number of hydrogen-bond acceptors (Lipinski definition) is 4. The van der Waals surface area contributed by atoms with Crippen molar-refractivity contribution in [3.8, 4) is 0 Å². The summed E-state index contributed by atoms with van der Waals surface area (Å²) in [5, 5.41) is 14.5. The van der Waals surface area contributed by atoms with Crippen LogP contribution >= 0.6 is 0 Å². The highest BCUT2D eigenvalue weighted by molar-refractivity contribution is 6.01. The first kappa shape index (κ1) is 17.0. The number of hydrogen-bond donors (Lipinski definition) is 3. The van der Waals surface area contributed by atoms with Crippen LogP contribution in [-0.4, -0.2) is 48.0 Å². The maximum Gasteiger partial charge on any atom is 0.251 e. The summed E-state index contributed by atoms with van der Waals surface area (Å²) in [5.74, 6) is -0.167. The molecule has 0 saturated heterocycles. The van der Waals surface area contributed by atoms with Gasteiger partial charge in [-0.3, -0.25) is 4.79 Å². The molecular weight excluding hydrogens is 268 g/mol. The second-order valence-electron chi connectivity index (χ2n) is 4.76. The lowest BCUT2D eigenvalue weighted by atomic mass is 10.1. The number of carbonyl (C=O) groups excluding carboxylic acids is 1. The van der Waals surface area contributed by atoms with E-state index in [1.807, 2.05) is 0 Å². The molecule has 0 aromatic heterocycles. The molecule has 0 aliphatic carbocycles. The van der Waals surface area contributed by atoms with E-state index in [-0.39, 0.29) is 11.7 Å². The van der Waals surface area contributed by atoms with Crippen LogP contribution in [0.2, 0.25) is 0 Å². The van der Waals surface area contributed by atoms with Crippen molar-refractivity contribution in [1.29, 1.82) is 0 Å². The summed E-state index contributed by atoms with van der Waals surface area (Å²) in [7, 11) is 0. The van der Waals surface area contributed by atoms with E-state index in [0.29, 0.717) is 17.7 Å². The predicted molar refractivity (Wildman–Crippen MR) is 83.7 cm³/mol. The van der Waals surface area contributed by atoms with Gasteiger partial charge < -0.3 is 21.2 Å². The number of rotatable bonds is 8. The van der Waals surface area contributed by atoms with E-state index in [2.05, 4.69) is 29.2 Å². The van der Waals surface area contributed by atoms with E-state index in [0.717, 1.165) is 26.1 Å². The van der Waals surface area contributed by atoms with Gasteiger partial charge in [0.1, 0.15) is 0 Å². The van der Waals surface area contributed by atoms with Crippen LogP contribution < -0.4 is 11.1 Å². The van der Waals surface area contributed by atoms with Crippen molar-refractivity contribution in [3.63, 3.8) is 0 Å². The summed E-state index contributed by atoms with van der Waals surface area (Å²) < 4.78 is 0. The number of nitrogens with one attached hydrogen (secondary N) is 1. The molecule has 0 saturated carbocycles. The molecule has 1 rings (SSSR count). The third kappa shape index (κ3) is 5.43. The molecule has 1 aromatic carbocycles. The maximum atomic E-state index is 12.1. The van der Waals surface area contributed by atoms with Crippen LogP contribution in [0.25, 0.3) is 0 Å². The number of carbonyl (C=O) groups is 1. The Morgan fingerprint density at radius 3 is 2.67 bits per heavy atom. The first-order valence-electron chi connectivity index (χ1n) is 7.20. The molecule has 4 N–H and O–H groups in total. The highest BCUT2D eigenvalue weighted by atomic mass is 16.4. The standard InChI is InChI=1S/C15H24N4O2/c1-3-9-19(4-2)10-8-17-15(20)13-7-5-6-12(11-13)14(16)18-21/h5-7,11,21H,3-4,8-10H2,1-2H3,(H2,16,18)(H,17,20). The summed E-state index contributed by atoms with van der Waals surface area (Å²) in [4.78, 5) is 14.3. The molecule has 0 aliphatic rings. The Labute approximate surface area is 125 Å². The van der Waals surface area contributed by atoms with Crippen molar-refractivity contribution < 1.29 is 10.0 Å². The smallest absolute Gasteiger partial charge is 0.251 e. The Morgan fingerprint density at radius 1 is 1.33 bits per heavy atom. The molecule has 0 spiro atoms. The number of benzene rings is 1. The molecule has 0 fully saturated rings. The van der Waals surface area contributed by atoms with Crippen molar-refractivity contribution in [1.82, 2.24) is 10.2 Å². The van der Waals surface area contributed by atoms with E-state index >= 15 is 0 Å². The predicted octanol–water partition coefficient (Wildman–Crippen LogP) is 1.24. The van der Waals surface area contributed by atoms with Gasteiger partial charge in [-0.1, -0.05) is 31.1 Å². The topological polar surface area (TPSA) is 91.0 Å². The molecule has 6 heteroatoms. The number of nitrogens with two attached hydrogens (primary N) is 1. The van der Waals surface area contributed by atoms with Crippen LogP contribution in [0.15, 0.2) is 29.4 Å². The molecule has 0 aliphatic heterocycles. The molecule has 0 unspecified atom stereocenters. The fourth-order valence-corrected chi connectivity index (χ4v) is 2.05. The SMILES string of the molecule is CCCN(CC)CCNC(=O)c1cccc(/C(N)=N/O)c1. The van der Waals surface area contributed by atoms with E-state index in [4.69, 9.17) is 10.9 Å². The maximum absolute atomic E-state index is 12.1. The molecule has 0 heterocycles. The highest BCUT2D eigenvalue weighted by Crippen LogP contribution is 2.05. The zero-order valence-electron chi connectivity index (χ0n) is 12.7. The zero-order valence-corrected chi connectivity index (χ0v) is 12.7.